The minimum atomic E-state index is 0. The summed E-state index contributed by atoms with van der Waals surface area (Å²) in [7, 11) is 3.77. The van der Waals surface area contributed by atoms with Crippen LogP contribution in [0, 0.1) is 5.41 Å². The van der Waals surface area contributed by atoms with Crippen LogP contribution in [0.3, 0.4) is 0 Å². The summed E-state index contributed by atoms with van der Waals surface area (Å²) >= 11 is 0. The van der Waals surface area contributed by atoms with Crippen LogP contribution in [0.2, 0.25) is 0 Å². The molecular weight excluding hydrogens is 178 g/mol. The molecule has 1 heterocycles. The maximum Gasteiger partial charge on any atom is 0.219 e. The van der Waals surface area contributed by atoms with E-state index in [1.165, 1.54) is 0 Å². The van der Waals surface area contributed by atoms with Gasteiger partial charge in [0, 0.05) is 14.1 Å². The number of halogens is 1. The molecule has 12 heavy (non-hydrogen) atoms. The molecule has 1 unspecified atom stereocenters. The Morgan fingerprint density at radius 2 is 2.00 bits per heavy atom. The Labute approximate surface area is 78.2 Å². The number of rotatable bonds is 0. The fraction of sp³-hybridized carbons (Fsp3) is 0.667. The van der Waals surface area contributed by atoms with Crippen molar-refractivity contribution in [3.63, 3.8) is 0 Å². The van der Waals surface area contributed by atoms with Crippen molar-refractivity contribution in [3.8, 4) is 0 Å². The third-order valence-corrected chi connectivity index (χ3v) is 1.34. The Morgan fingerprint density at radius 3 is 2.42 bits per heavy atom. The van der Waals surface area contributed by atoms with E-state index in [2.05, 4.69) is 15.6 Å². The quantitative estimate of drug-likeness (QED) is 0.497. The molecule has 0 aromatic carbocycles. The first-order chi connectivity index (χ1) is 5.09. The first-order valence-electron chi connectivity index (χ1n) is 3.47. The van der Waals surface area contributed by atoms with Gasteiger partial charge in [-0.3, -0.25) is 5.41 Å². The SMILES string of the molecule is CC1NC(=N)N=C(N(C)C)N1.Cl. The monoisotopic (exact) mass is 191 g/mol. The number of guanidine groups is 2. The molecule has 6 heteroatoms. The van der Waals surface area contributed by atoms with Crippen LogP contribution < -0.4 is 10.6 Å². The number of nitrogens with zero attached hydrogens (tertiary/aromatic N) is 2. The average Bonchev–Trinajstić information content (AvgIpc) is 1.85. The topological polar surface area (TPSA) is 63.5 Å². The second-order valence-corrected chi connectivity index (χ2v) is 2.69. The lowest BCUT2D eigenvalue weighted by Crippen LogP contribution is -2.54. The molecule has 1 atom stereocenters. The van der Waals surface area contributed by atoms with Crippen molar-refractivity contribution in [2.45, 2.75) is 13.1 Å². The van der Waals surface area contributed by atoms with Gasteiger partial charge in [0.1, 0.15) is 0 Å². The third-order valence-electron chi connectivity index (χ3n) is 1.34. The van der Waals surface area contributed by atoms with Crippen LogP contribution in [0.15, 0.2) is 4.99 Å². The van der Waals surface area contributed by atoms with Crippen LogP contribution in [0.25, 0.3) is 0 Å². The molecule has 1 aliphatic heterocycles. The molecule has 0 spiro atoms. The van der Waals surface area contributed by atoms with Gasteiger partial charge in [0.25, 0.3) is 0 Å². The summed E-state index contributed by atoms with van der Waals surface area (Å²) in [5.41, 5.74) is 0. The lowest BCUT2D eigenvalue weighted by Gasteiger charge is -2.26. The van der Waals surface area contributed by atoms with Crippen LogP contribution in [0.5, 0.6) is 0 Å². The van der Waals surface area contributed by atoms with E-state index in [9.17, 15) is 0 Å². The zero-order valence-electron chi connectivity index (χ0n) is 7.38. The molecule has 0 saturated carbocycles. The van der Waals surface area contributed by atoms with E-state index in [-0.39, 0.29) is 24.5 Å². The summed E-state index contributed by atoms with van der Waals surface area (Å²) in [6, 6.07) is 0. The summed E-state index contributed by atoms with van der Waals surface area (Å²) in [6.07, 6.45) is 0.0809. The minimum absolute atomic E-state index is 0. The maximum atomic E-state index is 7.28. The first-order valence-corrected chi connectivity index (χ1v) is 3.47. The van der Waals surface area contributed by atoms with E-state index in [4.69, 9.17) is 5.41 Å². The molecule has 0 saturated heterocycles. The average molecular weight is 192 g/mol. The highest BCUT2D eigenvalue weighted by molar-refractivity contribution is 5.95. The first kappa shape index (κ1) is 11.0. The lowest BCUT2D eigenvalue weighted by atomic mass is 10.5. The van der Waals surface area contributed by atoms with Crippen molar-refractivity contribution in [1.82, 2.24) is 15.5 Å². The molecule has 0 bridgehead atoms. The van der Waals surface area contributed by atoms with Gasteiger partial charge >= 0.3 is 0 Å². The van der Waals surface area contributed by atoms with Gasteiger partial charge in [-0.05, 0) is 6.92 Å². The number of nitrogens with one attached hydrogen (secondary N) is 3. The van der Waals surface area contributed by atoms with Gasteiger partial charge in [0.15, 0.2) is 0 Å². The standard InChI is InChI=1S/C6H13N5.ClH/c1-4-8-5(7)10-6(9-4)11(2)3;/h4H,1-3H3,(H3,7,8,9,10);1H. The van der Waals surface area contributed by atoms with E-state index in [1.54, 1.807) is 0 Å². The Bertz CT molecular complexity index is 200. The van der Waals surface area contributed by atoms with Crippen LogP contribution >= 0.6 is 12.4 Å². The van der Waals surface area contributed by atoms with Crippen LogP contribution in [0.1, 0.15) is 6.92 Å². The van der Waals surface area contributed by atoms with Gasteiger partial charge in [-0.15, -0.1) is 12.4 Å². The minimum Gasteiger partial charge on any atom is -0.349 e. The van der Waals surface area contributed by atoms with Crippen molar-refractivity contribution >= 4 is 24.3 Å². The fourth-order valence-electron chi connectivity index (χ4n) is 0.834. The molecule has 1 aliphatic rings. The number of hydrogen-bond donors (Lipinski definition) is 3. The smallest absolute Gasteiger partial charge is 0.219 e. The Balaban J connectivity index is 0.00000121. The summed E-state index contributed by atoms with van der Waals surface area (Å²) in [5.74, 6) is 0.932. The zero-order chi connectivity index (χ0) is 8.43. The van der Waals surface area contributed by atoms with E-state index in [0.717, 1.165) is 5.96 Å². The van der Waals surface area contributed by atoms with Gasteiger partial charge in [0.2, 0.25) is 11.9 Å². The molecule has 5 nitrogen and oxygen atoms in total. The predicted octanol–water partition coefficient (Wildman–Crippen LogP) is -0.201. The van der Waals surface area contributed by atoms with Gasteiger partial charge in [0.05, 0.1) is 6.17 Å². The summed E-state index contributed by atoms with van der Waals surface area (Å²) in [4.78, 5) is 5.78. The molecule has 0 amide bonds. The van der Waals surface area contributed by atoms with Crippen LogP contribution in [0.4, 0.5) is 0 Å². The van der Waals surface area contributed by atoms with Crippen molar-refractivity contribution in [1.29, 1.82) is 5.41 Å². The van der Waals surface area contributed by atoms with E-state index < -0.39 is 0 Å². The van der Waals surface area contributed by atoms with E-state index in [0.29, 0.717) is 0 Å². The second-order valence-electron chi connectivity index (χ2n) is 2.69. The predicted molar refractivity (Wildman–Crippen MR) is 51.8 cm³/mol. The summed E-state index contributed by atoms with van der Waals surface area (Å²) in [5, 5.41) is 13.2. The zero-order valence-corrected chi connectivity index (χ0v) is 8.20. The maximum absolute atomic E-state index is 7.28. The Kier molecular flexibility index (Phi) is 3.82. The van der Waals surface area contributed by atoms with Crippen molar-refractivity contribution < 1.29 is 0 Å². The van der Waals surface area contributed by atoms with Gasteiger partial charge < -0.3 is 15.5 Å². The van der Waals surface area contributed by atoms with Crippen LogP contribution in [-0.4, -0.2) is 37.1 Å². The van der Waals surface area contributed by atoms with E-state index >= 15 is 0 Å². The molecular formula is C6H14ClN5. The number of hydrogen-bond acceptors (Lipinski definition) is 3. The molecule has 0 aromatic rings. The molecule has 0 aromatic heterocycles. The molecule has 3 N–H and O–H groups in total. The number of aliphatic imine (C=N–C) groups is 1. The molecule has 70 valence electrons. The highest BCUT2D eigenvalue weighted by atomic mass is 35.5. The van der Waals surface area contributed by atoms with Gasteiger partial charge in [-0.25, -0.2) is 0 Å². The highest BCUT2D eigenvalue weighted by Gasteiger charge is 2.13. The fourth-order valence-corrected chi connectivity index (χ4v) is 0.834. The molecule has 1 rings (SSSR count). The molecule has 0 fully saturated rings. The molecule has 0 radical (unpaired) electrons. The summed E-state index contributed by atoms with van der Waals surface area (Å²) in [6.45, 7) is 1.94. The molecule has 0 aliphatic carbocycles. The third kappa shape index (κ3) is 2.58. The van der Waals surface area contributed by atoms with E-state index in [1.807, 2.05) is 25.9 Å². The van der Waals surface area contributed by atoms with Crippen molar-refractivity contribution in [2.24, 2.45) is 4.99 Å². The normalized spacial score (nSPS) is 21.4. The van der Waals surface area contributed by atoms with Crippen molar-refractivity contribution in [2.75, 3.05) is 14.1 Å². The van der Waals surface area contributed by atoms with Gasteiger partial charge in [-0.1, -0.05) is 0 Å². The second kappa shape index (κ2) is 4.15. The largest absolute Gasteiger partial charge is 0.349 e. The summed E-state index contributed by atoms with van der Waals surface area (Å²) < 4.78 is 0. The lowest BCUT2D eigenvalue weighted by molar-refractivity contribution is 0.519. The highest BCUT2D eigenvalue weighted by Crippen LogP contribution is 1.90. The Morgan fingerprint density at radius 1 is 1.42 bits per heavy atom. The Hall–Kier alpha value is -0.970. The van der Waals surface area contributed by atoms with Crippen molar-refractivity contribution in [3.05, 3.63) is 0 Å². The van der Waals surface area contributed by atoms with Crippen LogP contribution in [-0.2, 0) is 0 Å². The van der Waals surface area contributed by atoms with Gasteiger partial charge in [-0.2, -0.15) is 4.99 Å².